The van der Waals surface area contributed by atoms with Crippen LogP contribution in [0.4, 0.5) is 0 Å². The van der Waals surface area contributed by atoms with Gasteiger partial charge in [0.25, 0.3) is 0 Å². The number of hydrogen-bond donors (Lipinski definition) is 2. The van der Waals surface area contributed by atoms with Crippen LogP contribution in [-0.4, -0.2) is 36.5 Å². The molecule has 0 saturated carbocycles. The maximum atomic E-state index is 9.04. The van der Waals surface area contributed by atoms with Crippen LogP contribution in [0.3, 0.4) is 0 Å². The summed E-state index contributed by atoms with van der Waals surface area (Å²) in [6.45, 7) is 6.69. The number of likely N-dealkylation sites (tertiary alicyclic amines) is 1. The molecule has 1 aliphatic rings. The first kappa shape index (κ1) is 23.2. The fourth-order valence-corrected chi connectivity index (χ4v) is 3.50. The van der Waals surface area contributed by atoms with Gasteiger partial charge >= 0.3 is 0 Å². The molecule has 1 fully saturated rings. The monoisotopic (exact) mass is 503 g/mol. The van der Waals surface area contributed by atoms with Gasteiger partial charge in [-0.25, -0.2) is 4.99 Å². The summed E-state index contributed by atoms with van der Waals surface area (Å²) in [4.78, 5) is 7.23. The van der Waals surface area contributed by atoms with Crippen molar-refractivity contribution < 1.29 is 0 Å². The van der Waals surface area contributed by atoms with E-state index in [-0.39, 0.29) is 24.0 Å². The van der Waals surface area contributed by atoms with Crippen molar-refractivity contribution in [2.45, 2.75) is 38.9 Å². The Morgan fingerprint density at radius 1 is 1.10 bits per heavy atom. The Morgan fingerprint density at radius 3 is 2.52 bits per heavy atom. The number of rotatable bonds is 6. The van der Waals surface area contributed by atoms with Crippen LogP contribution >= 0.6 is 24.0 Å². The predicted octanol–water partition coefficient (Wildman–Crippen LogP) is 3.90. The van der Waals surface area contributed by atoms with E-state index >= 15 is 0 Å². The number of piperidine rings is 1. The number of nitrogens with one attached hydrogen (secondary N) is 2. The molecule has 2 aromatic carbocycles. The second kappa shape index (κ2) is 12.5. The molecule has 2 N–H and O–H groups in total. The minimum Gasteiger partial charge on any atom is -0.357 e. The first-order valence-electron chi connectivity index (χ1n) is 10.1. The molecule has 0 atom stereocenters. The molecule has 154 valence electrons. The number of halogens is 1. The first-order valence-corrected chi connectivity index (χ1v) is 10.1. The SMILES string of the molecule is CCNC(=NCc1cccc(C#N)c1)NC1CCN(Cc2ccccc2)CC1.I. The van der Waals surface area contributed by atoms with Gasteiger partial charge in [-0.1, -0.05) is 42.5 Å². The lowest BCUT2D eigenvalue weighted by molar-refractivity contribution is 0.198. The first-order chi connectivity index (χ1) is 13.8. The quantitative estimate of drug-likeness (QED) is 0.357. The minimum atomic E-state index is 0. The topological polar surface area (TPSA) is 63.5 Å². The summed E-state index contributed by atoms with van der Waals surface area (Å²) < 4.78 is 0. The van der Waals surface area contributed by atoms with Crippen LogP contribution in [0.25, 0.3) is 0 Å². The lowest BCUT2D eigenvalue weighted by atomic mass is 10.0. The van der Waals surface area contributed by atoms with E-state index in [4.69, 9.17) is 10.3 Å². The van der Waals surface area contributed by atoms with Crippen LogP contribution in [0.2, 0.25) is 0 Å². The van der Waals surface area contributed by atoms with E-state index < -0.39 is 0 Å². The van der Waals surface area contributed by atoms with Gasteiger partial charge in [0.2, 0.25) is 0 Å². The summed E-state index contributed by atoms with van der Waals surface area (Å²) in [6, 6.07) is 20.9. The van der Waals surface area contributed by atoms with Crippen molar-refractivity contribution in [3.05, 3.63) is 71.3 Å². The van der Waals surface area contributed by atoms with Crippen molar-refractivity contribution in [3.63, 3.8) is 0 Å². The van der Waals surface area contributed by atoms with Crippen molar-refractivity contribution in [2.75, 3.05) is 19.6 Å². The number of aliphatic imine (C=N–C) groups is 1. The molecule has 5 nitrogen and oxygen atoms in total. The van der Waals surface area contributed by atoms with E-state index in [9.17, 15) is 0 Å². The fraction of sp³-hybridized carbons (Fsp3) is 0.391. The Bertz CT molecular complexity index is 808. The Morgan fingerprint density at radius 2 is 1.83 bits per heavy atom. The van der Waals surface area contributed by atoms with Crippen molar-refractivity contribution in [2.24, 2.45) is 4.99 Å². The van der Waals surface area contributed by atoms with Gasteiger partial charge in [-0.3, -0.25) is 4.90 Å². The third-order valence-corrected chi connectivity index (χ3v) is 5.00. The van der Waals surface area contributed by atoms with E-state index in [2.05, 4.69) is 58.9 Å². The van der Waals surface area contributed by atoms with Crippen LogP contribution in [-0.2, 0) is 13.1 Å². The molecule has 29 heavy (non-hydrogen) atoms. The summed E-state index contributed by atoms with van der Waals surface area (Å²) in [7, 11) is 0. The van der Waals surface area contributed by atoms with E-state index in [0.29, 0.717) is 18.2 Å². The fourth-order valence-electron chi connectivity index (χ4n) is 3.50. The summed E-state index contributed by atoms with van der Waals surface area (Å²) in [6.07, 6.45) is 2.22. The second-order valence-corrected chi connectivity index (χ2v) is 7.19. The van der Waals surface area contributed by atoms with Gasteiger partial charge in [-0.2, -0.15) is 5.26 Å². The Labute approximate surface area is 191 Å². The molecule has 0 spiro atoms. The zero-order valence-electron chi connectivity index (χ0n) is 17.0. The van der Waals surface area contributed by atoms with Crippen LogP contribution in [0, 0.1) is 11.3 Å². The average Bonchev–Trinajstić information content (AvgIpc) is 2.74. The largest absolute Gasteiger partial charge is 0.357 e. The van der Waals surface area contributed by atoms with Crippen LogP contribution in [0.15, 0.2) is 59.6 Å². The number of nitriles is 1. The molecule has 1 heterocycles. The summed E-state index contributed by atoms with van der Waals surface area (Å²) >= 11 is 0. The number of benzene rings is 2. The molecule has 0 bridgehead atoms. The van der Waals surface area contributed by atoms with Gasteiger partial charge in [-0.15, -0.1) is 24.0 Å². The molecule has 6 heteroatoms. The van der Waals surface area contributed by atoms with Gasteiger partial charge in [0, 0.05) is 32.2 Å². The Balaban J connectivity index is 0.00000300. The highest BCUT2D eigenvalue weighted by Crippen LogP contribution is 2.14. The van der Waals surface area contributed by atoms with Crippen molar-refractivity contribution in [1.29, 1.82) is 5.26 Å². The van der Waals surface area contributed by atoms with Crippen LogP contribution in [0.1, 0.15) is 36.5 Å². The van der Waals surface area contributed by atoms with Gasteiger partial charge in [0.1, 0.15) is 0 Å². The van der Waals surface area contributed by atoms with Crippen LogP contribution in [0.5, 0.6) is 0 Å². The predicted molar refractivity (Wildman–Crippen MR) is 129 cm³/mol. The molecule has 0 aliphatic carbocycles. The normalized spacial score (nSPS) is 15.2. The molecular weight excluding hydrogens is 473 g/mol. The lowest BCUT2D eigenvalue weighted by Gasteiger charge is -2.33. The van der Waals surface area contributed by atoms with E-state index in [1.54, 1.807) is 0 Å². The van der Waals surface area contributed by atoms with Gasteiger partial charge < -0.3 is 10.6 Å². The Hall–Kier alpha value is -2.11. The highest BCUT2D eigenvalue weighted by molar-refractivity contribution is 14.0. The standard InChI is InChI=1S/C23H29N5.HI/c1-2-25-23(26-17-21-10-6-9-20(15-21)16-24)27-22-11-13-28(14-12-22)18-19-7-4-3-5-8-19;/h3-10,15,22H,2,11-14,17-18H2,1H3,(H2,25,26,27);1H. The lowest BCUT2D eigenvalue weighted by Crippen LogP contribution is -2.48. The third kappa shape index (κ3) is 7.67. The smallest absolute Gasteiger partial charge is 0.191 e. The van der Waals surface area contributed by atoms with Gasteiger partial charge in [0.15, 0.2) is 5.96 Å². The summed E-state index contributed by atoms with van der Waals surface area (Å²) in [5, 5.41) is 16.0. The number of hydrogen-bond acceptors (Lipinski definition) is 3. The van der Waals surface area contributed by atoms with E-state index in [1.165, 1.54) is 5.56 Å². The van der Waals surface area contributed by atoms with Crippen molar-refractivity contribution in [1.82, 2.24) is 15.5 Å². The number of nitrogens with zero attached hydrogens (tertiary/aromatic N) is 3. The molecular formula is C23H30IN5. The minimum absolute atomic E-state index is 0. The molecule has 3 rings (SSSR count). The van der Waals surface area contributed by atoms with E-state index in [0.717, 1.165) is 50.5 Å². The molecule has 0 unspecified atom stereocenters. The zero-order valence-corrected chi connectivity index (χ0v) is 19.3. The Kier molecular flexibility index (Phi) is 9.95. The van der Waals surface area contributed by atoms with Crippen LogP contribution < -0.4 is 10.6 Å². The molecule has 0 aromatic heterocycles. The number of guanidine groups is 1. The molecule has 1 aliphatic heterocycles. The molecule has 0 radical (unpaired) electrons. The molecule has 1 saturated heterocycles. The molecule has 0 amide bonds. The average molecular weight is 503 g/mol. The maximum Gasteiger partial charge on any atom is 0.191 e. The van der Waals surface area contributed by atoms with Crippen molar-refractivity contribution in [3.8, 4) is 6.07 Å². The third-order valence-electron chi connectivity index (χ3n) is 5.00. The van der Waals surface area contributed by atoms with E-state index in [1.807, 2.05) is 24.3 Å². The zero-order chi connectivity index (χ0) is 19.6. The highest BCUT2D eigenvalue weighted by atomic mass is 127. The second-order valence-electron chi connectivity index (χ2n) is 7.19. The maximum absolute atomic E-state index is 9.04. The van der Waals surface area contributed by atoms with Crippen molar-refractivity contribution >= 4 is 29.9 Å². The summed E-state index contributed by atoms with van der Waals surface area (Å²) in [5.74, 6) is 0.853. The highest BCUT2D eigenvalue weighted by Gasteiger charge is 2.20. The van der Waals surface area contributed by atoms with Gasteiger partial charge in [-0.05, 0) is 43.0 Å². The summed E-state index contributed by atoms with van der Waals surface area (Å²) in [5.41, 5.74) is 3.11. The van der Waals surface area contributed by atoms with Gasteiger partial charge in [0.05, 0.1) is 18.2 Å². The molecule has 2 aromatic rings.